The third-order valence-electron chi connectivity index (χ3n) is 26.7. The van der Waals surface area contributed by atoms with Crippen LogP contribution in [-0.2, 0) is 9.59 Å². The van der Waals surface area contributed by atoms with Gasteiger partial charge in [0.25, 0.3) is 0 Å². The number of ketones is 1. The summed E-state index contributed by atoms with van der Waals surface area (Å²) >= 11 is 30.4. The van der Waals surface area contributed by atoms with Crippen LogP contribution in [-0.4, -0.2) is 226 Å². The molecule has 13 heterocycles. The van der Waals surface area contributed by atoms with Crippen LogP contribution in [0.1, 0.15) is 202 Å². The van der Waals surface area contributed by atoms with Crippen LogP contribution < -0.4 is 15.5 Å². The molecule has 10 aromatic heterocycles. The molecule has 2 aliphatic carbocycles. The maximum Gasteiger partial charge on any atom is 0.328 e. The van der Waals surface area contributed by atoms with Crippen LogP contribution in [0.25, 0.3) is 112 Å². The summed E-state index contributed by atoms with van der Waals surface area (Å²) in [5.74, 6) is 2.29. The number of anilines is 1. The number of nitrogens with one attached hydrogen (secondary N) is 7. The van der Waals surface area contributed by atoms with Gasteiger partial charge in [-0.1, -0.05) is 162 Å². The minimum atomic E-state index is -1.10. The number of H-pyrrole nitrogens is 5. The average Bonchev–Trinajstić information content (AvgIpc) is 1.64. The highest BCUT2D eigenvalue weighted by Gasteiger charge is 2.35. The van der Waals surface area contributed by atoms with Crippen molar-refractivity contribution in [3.63, 3.8) is 0 Å². The summed E-state index contributed by atoms with van der Waals surface area (Å²) in [5.41, 5.74) is 25.0. The quantitative estimate of drug-likeness (QED) is 0.0269. The Bertz CT molecular complexity index is 6380. The van der Waals surface area contributed by atoms with Crippen molar-refractivity contribution in [2.24, 2.45) is 5.92 Å². The van der Waals surface area contributed by atoms with Crippen LogP contribution >= 0.6 is 58.0 Å². The van der Waals surface area contributed by atoms with Crippen LogP contribution in [0.3, 0.4) is 0 Å². The zero-order valence-corrected chi connectivity index (χ0v) is 87.0. The molecule has 5 fully saturated rings. The van der Waals surface area contributed by atoms with Gasteiger partial charge >= 0.3 is 5.97 Å². The Labute approximate surface area is 897 Å². The highest BCUT2D eigenvalue weighted by molar-refractivity contribution is 6.32. The van der Waals surface area contributed by atoms with Crippen molar-refractivity contribution in [2.75, 3.05) is 78.4 Å². The molecule has 5 aromatic carbocycles. The fourth-order valence-electron chi connectivity index (χ4n) is 20.1. The van der Waals surface area contributed by atoms with Crippen molar-refractivity contribution >= 4 is 75.6 Å². The van der Waals surface area contributed by atoms with Crippen molar-refractivity contribution in [1.29, 1.82) is 0 Å². The molecule has 148 heavy (non-hydrogen) atoms. The van der Waals surface area contributed by atoms with E-state index in [-0.39, 0.29) is 35.5 Å². The van der Waals surface area contributed by atoms with Gasteiger partial charge in [0.15, 0.2) is 11.6 Å². The summed E-state index contributed by atoms with van der Waals surface area (Å²) in [5, 5.41) is 69.1. The fourth-order valence-corrected chi connectivity index (χ4v) is 20.8. The summed E-state index contributed by atoms with van der Waals surface area (Å²) < 4.78 is 0. The molecule has 2 saturated carbocycles. The number of pyridine rings is 3. The van der Waals surface area contributed by atoms with Gasteiger partial charge in [-0.15, -0.1) is 0 Å². The number of piperazine rings is 1. The molecule has 2 unspecified atom stereocenters. The molecule has 20 rings (SSSR count). The second-order valence-corrected chi connectivity index (χ2v) is 41.3. The number of carbonyl (C=O) groups is 2. The first-order valence-corrected chi connectivity index (χ1v) is 51.4. The Balaban J connectivity index is 0.000000171. The first-order valence-electron chi connectivity index (χ1n) is 49.5. The number of hydrogen-bond donors (Lipinski definition) is 9. The highest BCUT2D eigenvalue weighted by atomic mass is 35.5. The monoisotopic (exact) mass is 2100 g/mol. The molecule has 3 aliphatic heterocycles. The Morgan fingerprint density at radius 2 is 0.770 bits per heavy atom. The largest absolute Gasteiger partial charge is 0.478 e. The van der Waals surface area contributed by atoms with E-state index in [1.165, 1.54) is 98.6 Å². The van der Waals surface area contributed by atoms with Gasteiger partial charge in [0.2, 0.25) is 0 Å². The van der Waals surface area contributed by atoms with Gasteiger partial charge in [-0.25, -0.2) is 24.7 Å². The lowest BCUT2D eigenvalue weighted by Crippen LogP contribution is -2.54. The lowest BCUT2D eigenvalue weighted by Gasteiger charge is -2.36. The number of aromatic amines is 5. The van der Waals surface area contributed by atoms with E-state index in [1.807, 2.05) is 197 Å². The standard InChI is InChI=1S/2C23H27ClN4.C22H26ClN5O.C20H22ClN5.C19H20ClN5.C5H6O3.4CH4/c1-15(2)26-20-9-5-18(6-10-20)23-21(16-11-13-25-14-12-16)22(27-28-23)17-3-7-19(24)8-4-17;1-28(2)15-16-3-5-18(6-4-16)22-21(17-11-13-25-14-12-17)23(27-26-22)19-7-9-20(24)10-8-19;1-22(2,29)13-28-11-8-16(9-12-28)21-19(18-7-10-24-14-25-18)20(26-27-21)15-3-5-17(23)6-4-15;1-13-11-26(12-14(2)23-13)20-18(15-7-9-22-10-8-15)19(24-25-20)16-3-5-17(21)6-4-16;1-25-10-7-14(8-11-25)19-17(16-6-9-21-12-22-16)18(23-24-19)13-2-4-15(20)5-3-13;1-4(6)2-3-5(7)8;;;;/h3-4,7-8,11-15,18,20,26H,5-6,9-10H2,1-2H3,(H,27,28);7-14,16,18H,3-6,15H2,1-2H3,(H,26,27);3-7,10,14,16,29H,8-9,11-13H2,1-2H3,(H,26,27);3-10,13-14,23H,11-12H2,1-2H3,(H,24,25);2-6,9,12,14H,7-8,10-11H2,1H3,(H,23,24);2-3H,1H3,(H,7,8);4*1H4/b;;;;;3-2+;;;;. The Morgan fingerprint density at radius 3 is 1.11 bits per heavy atom. The minimum Gasteiger partial charge on any atom is -0.478 e. The molecule has 782 valence electrons. The Kier molecular flexibility index (Phi) is 43.7. The number of likely N-dealkylation sites (tertiary alicyclic amines) is 2. The SMILES string of the molecule is C.C.C.C.CC(=O)/C=C/C(=O)O.CC(C)(O)CN1CCC(c2[nH]nc(-c3ccc(Cl)cc3)c2-c2ccncn2)CC1.CC(C)NC1CCC(c2[nH]nc(-c3ccc(Cl)cc3)c2-c2ccncc2)CC1.CC1CN(c2n[nH]c(-c3ccc(Cl)cc3)c2-c2ccncc2)CC(C)N1.CN(C)CC1CCC(c2[nH]nc(-c3ccc(Cl)cc3)c2-c2ccncc2)CC1.CN1CCC(c2[nH]nc(-c3ccc(Cl)cc3)c2-c2ccncn2)CC1. The second kappa shape index (κ2) is 55.8. The predicted octanol–water partition coefficient (Wildman–Crippen LogP) is 26.3. The summed E-state index contributed by atoms with van der Waals surface area (Å²) in [4.78, 5) is 58.7. The first kappa shape index (κ1) is 116. The lowest BCUT2D eigenvalue weighted by atomic mass is 9.78. The van der Waals surface area contributed by atoms with Crippen molar-refractivity contribution in [3.8, 4) is 112 Å². The maximum absolute atomic E-state index is 10.1. The molecule has 0 bridgehead atoms. The zero-order valence-electron chi connectivity index (χ0n) is 83.2. The first-order chi connectivity index (χ1) is 69.6. The van der Waals surface area contributed by atoms with E-state index in [9.17, 15) is 14.7 Å². The van der Waals surface area contributed by atoms with Gasteiger partial charge < -0.3 is 40.4 Å². The number of aliphatic carboxylic acids is 1. The topological polar surface area (TPSA) is 345 Å². The number of benzene rings is 5. The molecule has 27 nitrogen and oxygen atoms in total. The van der Waals surface area contributed by atoms with E-state index in [0.717, 1.165) is 210 Å². The molecule has 2 atom stereocenters. The molecule has 0 amide bonds. The van der Waals surface area contributed by atoms with Crippen LogP contribution in [0.4, 0.5) is 5.82 Å². The second-order valence-electron chi connectivity index (χ2n) is 39.1. The van der Waals surface area contributed by atoms with E-state index in [2.05, 4.69) is 174 Å². The van der Waals surface area contributed by atoms with E-state index in [0.29, 0.717) is 59.4 Å². The van der Waals surface area contributed by atoms with Gasteiger partial charge in [-0.3, -0.25) is 45.2 Å². The number of carboxylic acids is 1. The summed E-state index contributed by atoms with van der Waals surface area (Å²) in [6, 6.07) is 57.4. The van der Waals surface area contributed by atoms with Crippen molar-refractivity contribution in [2.45, 2.75) is 209 Å². The van der Waals surface area contributed by atoms with Crippen molar-refractivity contribution < 1.29 is 19.8 Å². The number of aromatic nitrogens is 17. The smallest absolute Gasteiger partial charge is 0.328 e. The highest BCUT2D eigenvalue weighted by Crippen LogP contribution is 2.48. The third kappa shape index (κ3) is 31.6. The summed E-state index contributed by atoms with van der Waals surface area (Å²) in [7, 11) is 6.51. The molecule has 3 saturated heterocycles. The molecule has 32 heteroatoms. The number of aliphatic hydroxyl groups is 1. The van der Waals surface area contributed by atoms with Crippen LogP contribution in [0.5, 0.6) is 0 Å². The fraction of sp³-hybridized carbons (Fsp3) is 0.379. The average molecular weight is 2100 g/mol. The van der Waals surface area contributed by atoms with Gasteiger partial charge in [0, 0.05) is 228 Å². The molecule has 0 spiro atoms. The van der Waals surface area contributed by atoms with Gasteiger partial charge in [0.05, 0.1) is 28.2 Å². The van der Waals surface area contributed by atoms with E-state index in [1.54, 1.807) is 25.0 Å². The van der Waals surface area contributed by atoms with Crippen LogP contribution in [0, 0.1) is 5.92 Å². The number of rotatable bonds is 23. The predicted molar refractivity (Wildman–Crippen MR) is 606 cm³/mol. The molecule has 0 radical (unpaired) electrons. The van der Waals surface area contributed by atoms with E-state index in [4.69, 9.17) is 78.4 Å². The number of allylic oxidation sites excluding steroid dienone is 1. The maximum atomic E-state index is 10.1. The van der Waals surface area contributed by atoms with Gasteiger partial charge in [-0.2, -0.15) is 25.5 Å². The van der Waals surface area contributed by atoms with Crippen LogP contribution in [0.15, 0.2) is 244 Å². The Morgan fingerprint density at radius 1 is 0.432 bits per heavy atom. The molecule has 9 N–H and O–H groups in total. The zero-order chi connectivity index (χ0) is 101. The van der Waals surface area contributed by atoms with Crippen molar-refractivity contribution in [1.82, 2.24) is 111 Å². The minimum absolute atomic E-state index is 0. The molecular weight excluding hydrogens is 1960 g/mol. The Hall–Kier alpha value is -12.4. The number of hydrogen-bond acceptors (Lipinski definition) is 21. The molecule has 5 aliphatic rings. The van der Waals surface area contributed by atoms with Crippen LogP contribution in [0.2, 0.25) is 25.1 Å². The van der Waals surface area contributed by atoms with Gasteiger partial charge in [0.1, 0.15) is 35.4 Å². The van der Waals surface area contributed by atoms with Gasteiger partial charge in [-0.05, 0) is 297 Å². The van der Waals surface area contributed by atoms with E-state index < -0.39 is 11.6 Å². The lowest BCUT2D eigenvalue weighted by molar-refractivity contribution is -0.131. The van der Waals surface area contributed by atoms with Crippen molar-refractivity contribution in [3.05, 3.63) is 292 Å². The summed E-state index contributed by atoms with van der Waals surface area (Å²) in [6.07, 6.45) is 33.5. The third-order valence-corrected chi connectivity index (χ3v) is 28.0. The number of piperidine rings is 2. The number of β-amino-alcohol motifs (C(OH)–C–C–N with tert-alkyl or cyclic N) is 1. The number of nitrogens with zero attached hydrogens (tertiary/aromatic N) is 16. The van der Waals surface area contributed by atoms with E-state index >= 15 is 0 Å². The molecular formula is C116H144Cl5N23O4. The number of halogens is 5. The number of carbonyl (C=O) groups excluding carboxylic acids is 1. The summed E-state index contributed by atoms with van der Waals surface area (Å²) in [6.45, 7) is 21.7. The number of carboxylic acid groups (broad SMARTS) is 1. The molecule has 15 aromatic rings. The normalized spacial score (nSPS) is 17.5.